The van der Waals surface area contributed by atoms with E-state index in [4.69, 9.17) is 0 Å². The van der Waals surface area contributed by atoms with Crippen LogP contribution in [0.15, 0.2) is 12.4 Å². The standard InChI is InChI=1S/C13H22N4/c1-11-14-5-7-17(11)9-8-16-6-4-12-2-3-13(10-16)15-12/h5,7,12-13,15H,2-4,6,8-10H2,1H3. The molecule has 1 aromatic heterocycles. The Labute approximate surface area is 103 Å². The summed E-state index contributed by atoms with van der Waals surface area (Å²) in [6.45, 7) is 6.78. The summed E-state index contributed by atoms with van der Waals surface area (Å²) in [7, 11) is 0. The molecule has 0 saturated carbocycles. The molecule has 3 rings (SSSR count). The summed E-state index contributed by atoms with van der Waals surface area (Å²) < 4.78 is 2.25. The van der Waals surface area contributed by atoms with Crippen LogP contribution in [-0.4, -0.2) is 46.2 Å². The van der Waals surface area contributed by atoms with Gasteiger partial charge in [0.05, 0.1) is 0 Å². The number of nitrogens with one attached hydrogen (secondary N) is 1. The molecule has 2 bridgehead atoms. The van der Waals surface area contributed by atoms with Crippen molar-refractivity contribution in [3.05, 3.63) is 18.2 Å². The van der Waals surface area contributed by atoms with E-state index in [1.54, 1.807) is 0 Å². The van der Waals surface area contributed by atoms with Gasteiger partial charge in [0.15, 0.2) is 0 Å². The van der Waals surface area contributed by atoms with E-state index < -0.39 is 0 Å². The van der Waals surface area contributed by atoms with Crippen LogP contribution < -0.4 is 5.32 Å². The summed E-state index contributed by atoms with van der Waals surface area (Å²) in [6.07, 6.45) is 8.04. The van der Waals surface area contributed by atoms with E-state index in [1.165, 1.54) is 32.4 Å². The number of nitrogens with zero attached hydrogens (tertiary/aromatic N) is 3. The molecule has 4 heteroatoms. The van der Waals surface area contributed by atoms with Crippen LogP contribution in [0, 0.1) is 6.92 Å². The number of imidazole rings is 1. The minimum atomic E-state index is 0.742. The van der Waals surface area contributed by atoms with Gasteiger partial charge in [-0.05, 0) is 32.7 Å². The molecule has 2 unspecified atom stereocenters. The molecule has 3 heterocycles. The van der Waals surface area contributed by atoms with Gasteiger partial charge < -0.3 is 9.88 Å². The number of hydrogen-bond donors (Lipinski definition) is 1. The molecule has 0 aliphatic carbocycles. The van der Waals surface area contributed by atoms with Crippen molar-refractivity contribution >= 4 is 0 Å². The minimum Gasteiger partial charge on any atom is -0.334 e. The fraction of sp³-hybridized carbons (Fsp3) is 0.769. The molecule has 2 fully saturated rings. The molecule has 0 radical (unpaired) electrons. The van der Waals surface area contributed by atoms with E-state index in [1.807, 2.05) is 6.20 Å². The maximum atomic E-state index is 4.27. The fourth-order valence-corrected chi connectivity index (χ4v) is 3.11. The normalized spacial score (nSPS) is 29.5. The summed E-state index contributed by atoms with van der Waals surface area (Å²) in [5.74, 6) is 1.12. The van der Waals surface area contributed by atoms with E-state index in [-0.39, 0.29) is 0 Å². The first-order chi connectivity index (χ1) is 8.31. The largest absolute Gasteiger partial charge is 0.334 e. The van der Waals surface area contributed by atoms with Crippen molar-refractivity contribution in [3.8, 4) is 0 Å². The number of hydrogen-bond acceptors (Lipinski definition) is 3. The van der Waals surface area contributed by atoms with E-state index in [0.29, 0.717) is 0 Å². The molecule has 2 saturated heterocycles. The lowest BCUT2D eigenvalue weighted by atomic mass is 10.1. The topological polar surface area (TPSA) is 33.1 Å². The third kappa shape index (κ3) is 2.53. The lowest BCUT2D eigenvalue weighted by Gasteiger charge is -2.24. The van der Waals surface area contributed by atoms with Crippen molar-refractivity contribution in [1.29, 1.82) is 0 Å². The molecule has 1 N–H and O–H groups in total. The molecule has 2 aliphatic heterocycles. The molecule has 17 heavy (non-hydrogen) atoms. The fourth-order valence-electron chi connectivity index (χ4n) is 3.11. The van der Waals surface area contributed by atoms with Crippen LogP contribution in [0.2, 0.25) is 0 Å². The maximum Gasteiger partial charge on any atom is 0.105 e. The van der Waals surface area contributed by atoms with Crippen molar-refractivity contribution in [2.75, 3.05) is 19.6 Å². The number of likely N-dealkylation sites (tertiary alicyclic amines) is 1. The zero-order valence-corrected chi connectivity index (χ0v) is 10.6. The third-order valence-corrected chi connectivity index (χ3v) is 4.19. The summed E-state index contributed by atoms with van der Waals surface area (Å²) >= 11 is 0. The van der Waals surface area contributed by atoms with Crippen LogP contribution in [0.25, 0.3) is 0 Å². The van der Waals surface area contributed by atoms with Gasteiger partial charge in [-0.2, -0.15) is 0 Å². The monoisotopic (exact) mass is 234 g/mol. The van der Waals surface area contributed by atoms with Gasteiger partial charge in [-0.25, -0.2) is 4.98 Å². The van der Waals surface area contributed by atoms with Gasteiger partial charge in [-0.15, -0.1) is 0 Å². The van der Waals surface area contributed by atoms with E-state index in [9.17, 15) is 0 Å². The van der Waals surface area contributed by atoms with E-state index in [2.05, 4.69) is 32.9 Å². The highest BCUT2D eigenvalue weighted by Crippen LogP contribution is 2.20. The number of fused-ring (bicyclic) bond motifs is 2. The van der Waals surface area contributed by atoms with Crippen LogP contribution in [0.3, 0.4) is 0 Å². The molecule has 1 aromatic rings. The number of aryl methyl sites for hydroxylation is 1. The molecule has 0 aromatic carbocycles. The van der Waals surface area contributed by atoms with Gasteiger partial charge >= 0.3 is 0 Å². The van der Waals surface area contributed by atoms with Crippen molar-refractivity contribution in [3.63, 3.8) is 0 Å². The number of aromatic nitrogens is 2. The highest BCUT2D eigenvalue weighted by Gasteiger charge is 2.28. The zero-order valence-electron chi connectivity index (χ0n) is 10.6. The molecule has 4 nitrogen and oxygen atoms in total. The van der Waals surface area contributed by atoms with Gasteiger partial charge in [0.1, 0.15) is 5.82 Å². The molecule has 94 valence electrons. The molecule has 0 amide bonds. The van der Waals surface area contributed by atoms with Crippen molar-refractivity contribution in [2.45, 2.75) is 44.8 Å². The first-order valence-electron chi connectivity index (χ1n) is 6.77. The summed E-state index contributed by atoms with van der Waals surface area (Å²) in [5.41, 5.74) is 0. The second kappa shape index (κ2) is 4.78. The summed E-state index contributed by atoms with van der Waals surface area (Å²) in [5, 5.41) is 3.73. The predicted octanol–water partition coefficient (Wildman–Crippen LogP) is 1.02. The van der Waals surface area contributed by atoms with Crippen LogP contribution in [-0.2, 0) is 6.54 Å². The van der Waals surface area contributed by atoms with Crippen LogP contribution in [0.5, 0.6) is 0 Å². The van der Waals surface area contributed by atoms with Crippen molar-refractivity contribution in [2.24, 2.45) is 0 Å². The van der Waals surface area contributed by atoms with Crippen LogP contribution in [0.1, 0.15) is 25.1 Å². The Kier molecular flexibility index (Phi) is 3.16. The Balaban J connectivity index is 1.53. The lowest BCUT2D eigenvalue weighted by molar-refractivity contribution is 0.248. The quantitative estimate of drug-likeness (QED) is 0.847. The average molecular weight is 234 g/mol. The van der Waals surface area contributed by atoms with Gasteiger partial charge in [-0.3, -0.25) is 4.90 Å². The Bertz CT molecular complexity index is 373. The van der Waals surface area contributed by atoms with Crippen LogP contribution in [0.4, 0.5) is 0 Å². The van der Waals surface area contributed by atoms with E-state index >= 15 is 0 Å². The minimum absolute atomic E-state index is 0.742. The van der Waals surface area contributed by atoms with Gasteiger partial charge in [-0.1, -0.05) is 0 Å². The lowest BCUT2D eigenvalue weighted by Crippen LogP contribution is -2.36. The van der Waals surface area contributed by atoms with Crippen molar-refractivity contribution in [1.82, 2.24) is 19.8 Å². The molecular weight excluding hydrogens is 212 g/mol. The SMILES string of the molecule is Cc1nccn1CCN1CCC2CCC(C1)N2. The Morgan fingerprint density at radius 3 is 3.00 bits per heavy atom. The first kappa shape index (κ1) is 11.2. The van der Waals surface area contributed by atoms with Crippen LogP contribution >= 0.6 is 0 Å². The van der Waals surface area contributed by atoms with Gasteiger partial charge in [0.2, 0.25) is 0 Å². The summed E-state index contributed by atoms with van der Waals surface area (Å²) in [6, 6.07) is 1.53. The number of rotatable bonds is 3. The second-order valence-electron chi connectivity index (χ2n) is 5.39. The highest BCUT2D eigenvalue weighted by molar-refractivity contribution is 4.91. The molecule has 0 spiro atoms. The smallest absolute Gasteiger partial charge is 0.105 e. The average Bonchev–Trinajstić information content (AvgIpc) is 2.84. The molecule has 2 aliphatic rings. The van der Waals surface area contributed by atoms with E-state index in [0.717, 1.165) is 31.0 Å². The molecule has 2 atom stereocenters. The Morgan fingerprint density at radius 1 is 1.29 bits per heavy atom. The van der Waals surface area contributed by atoms with Gasteiger partial charge in [0.25, 0.3) is 0 Å². The Morgan fingerprint density at radius 2 is 2.18 bits per heavy atom. The van der Waals surface area contributed by atoms with Crippen molar-refractivity contribution < 1.29 is 0 Å². The highest BCUT2D eigenvalue weighted by atomic mass is 15.2. The van der Waals surface area contributed by atoms with Gasteiger partial charge in [0, 0.05) is 44.1 Å². The Hall–Kier alpha value is -0.870. The summed E-state index contributed by atoms with van der Waals surface area (Å²) in [4.78, 5) is 6.88. The molecular formula is C13H22N4. The maximum absolute atomic E-state index is 4.27. The third-order valence-electron chi connectivity index (χ3n) is 4.19. The predicted molar refractivity (Wildman–Crippen MR) is 68.0 cm³/mol. The second-order valence-corrected chi connectivity index (χ2v) is 5.39. The first-order valence-corrected chi connectivity index (χ1v) is 6.77. The zero-order chi connectivity index (χ0) is 11.7.